The molecular formula is C40H31F5N2O4S2. The number of para-hydroxylation sites is 1. The Hall–Kier alpha value is -4.66. The van der Waals surface area contributed by atoms with E-state index >= 15 is 0 Å². The standard InChI is InChI=1S/C40H31F5N2O4S2/c1-21-29(20-52-40-47-28-7-2-3-8-30(28)53-40)50-39(51-37(21)25-11-9-22(19-48)10-12-25)26-15-13-24(14-16-26)27-6-4-5-23(17-27)18-46-38(49)31-32(41)34(43)36(45)35(44)33(31)42/h2-17,21,29,37,39,48H,18-20H2,1H3,(H,46,49)/t21-,29+,37+,39+/m0/s1. The maximum Gasteiger partial charge on any atom is 0.257 e. The summed E-state index contributed by atoms with van der Waals surface area (Å²) >= 11 is 3.29. The van der Waals surface area contributed by atoms with Gasteiger partial charge in [0.2, 0.25) is 5.82 Å². The lowest BCUT2D eigenvalue weighted by Gasteiger charge is -2.41. The third kappa shape index (κ3) is 7.71. The molecule has 1 amide bonds. The molecule has 1 aliphatic rings. The van der Waals surface area contributed by atoms with Crippen molar-refractivity contribution in [2.45, 2.75) is 42.9 Å². The number of carbonyl (C=O) groups is 1. The maximum absolute atomic E-state index is 14.1. The molecule has 2 heterocycles. The van der Waals surface area contributed by atoms with E-state index in [9.17, 15) is 31.9 Å². The molecule has 6 aromatic rings. The summed E-state index contributed by atoms with van der Waals surface area (Å²) < 4.78 is 84.3. The number of aliphatic hydroxyl groups excluding tert-OH is 1. The number of hydrogen-bond donors (Lipinski definition) is 2. The highest BCUT2D eigenvalue weighted by molar-refractivity contribution is 8.01. The van der Waals surface area contributed by atoms with Gasteiger partial charge in [0, 0.05) is 23.8 Å². The smallest absolute Gasteiger partial charge is 0.257 e. The molecular weight excluding hydrogens is 732 g/mol. The first-order chi connectivity index (χ1) is 25.6. The number of halogens is 5. The van der Waals surface area contributed by atoms with E-state index in [1.807, 2.05) is 72.8 Å². The molecule has 0 bridgehead atoms. The number of ether oxygens (including phenoxy) is 2. The van der Waals surface area contributed by atoms with Crippen molar-refractivity contribution in [3.8, 4) is 11.1 Å². The van der Waals surface area contributed by atoms with Gasteiger partial charge in [0.1, 0.15) is 5.56 Å². The molecule has 5 aromatic carbocycles. The van der Waals surface area contributed by atoms with E-state index in [-0.39, 0.29) is 31.3 Å². The highest BCUT2D eigenvalue weighted by Gasteiger charge is 2.38. The molecule has 53 heavy (non-hydrogen) atoms. The van der Waals surface area contributed by atoms with Gasteiger partial charge in [-0.15, -0.1) is 11.3 Å². The molecule has 0 unspecified atom stereocenters. The SMILES string of the molecule is C[C@H]1[C@@H](CSc2nc3ccccc3s2)O[C@@H](c2ccc(-c3cccc(CNC(=O)c4c(F)c(F)c(F)c(F)c4F)c3)cc2)O[C@H]1c1ccc(CO)cc1. The zero-order chi connectivity index (χ0) is 37.2. The molecule has 1 fully saturated rings. The van der Waals surface area contributed by atoms with Crippen molar-refractivity contribution in [2.24, 2.45) is 5.92 Å². The number of fused-ring (bicyclic) bond motifs is 1. The highest BCUT2D eigenvalue weighted by Crippen LogP contribution is 2.44. The number of aromatic nitrogens is 1. The van der Waals surface area contributed by atoms with Crippen LogP contribution in [-0.2, 0) is 22.6 Å². The molecule has 7 rings (SSSR count). The predicted molar refractivity (Wildman–Crippen MR) is 193 cm³/mol. The number of amides is 1. The second-order valence-corrected chi connectivity index (χ2v) is 14.8. The molecule has 2 N–H and O–H groups in total. The van der Waals surface area contributed by atoms with Crippen molar-refractivity contribution >= 4 is 39.2 Å². The van der Waals surface area contributed by atoms with Crippen LogP contribution in [0.5, 0.6) is 0 Å². The normalized spacial score (nSPS) is 18.7. The van der Waals surface area contributed by atoms with E-state index in [1.165, 1.54) is 0 Å². The van der Waals surface area contributed by atoms with Crippen LogP contribution in [0, 0.1) is 35.0 Å². The number of nitrogens with zero attached hydrogens (tertiary/aromatic N) is 1. The monoisotopic (exact) mass is 762 g/mol. The summed E-state index contributed by atoms with van der Waals surface area (Å²) in [7, 11) is 0. The van der Waals surface area contributed by atoms with Crippen LogP contribution in [0.3, 0.4) is 0 Å². The highest BCUT2D eigenvalue weighted by atomic mass is 32.2. The zero-order valence-corrected chi connectivity index (χ0v) is 29.6. The number of rotatable bonds is 10. The van der Waals surface area contributed by atoms with Gasteiger partial charge < -0.3 is 19.9 Å². The Kier molecular flexibility index (Phi) is 10.9. The first kappa shape index (κ1) is 36.7. The third-order valence-electron chi connectivity index (χ3n) is 9.10. The molecule has 1 aliphatic heterocycles. The largest absolute Gasteiger partial charge is 0.392 e. The van der Waals surface area contributed by atoms with Crippen molar-refractivity contribution in [2.75, 3.05) is 5.75 Å². The predicted octanol–water partition coefficient (Wildman–Crippen LogP) is 9.66. The fraction of sp³-hybridized carbons (Fsp3) is 0.200. The van der Waals surface area contributed by atoms with E-state index in [4.69, 9.17) is 14.5 Å². The second kappa shape index (κ2) is 15.7. The van der Waals surface area contributed by atoms with Gasteiger partial charge in [-0.1, -0.05) is 97.5 Å². The summed E-state index contributed by atoms with van der Waals surface area (Å²) in [4.78, 5) is 17.2. The average molecular weight is 763 g/mol. The minimum atomic E-state index is -2.33. The summed E-state index contributed by atoms with van der Waals surface area (Å²) in [6, 6.07) is 30.2. The van der Waals surface area contributed by atoms with Gasteiger partial charge in [-0.3, -0.25) is 4.79 Å². The Morgan fingerprint density at radius 2 is 1.47 bits per heavy atom. The summed E-state index contributed by atoms with van der Waals surface area (Å²) in [5, 5.41) is 11.8. The lowest BCUT2D eigenvalue weighted by atomic mass is 9.91. The second-order valence-electron chi connectivity index (χ2n) is 12.5. The molecule has 0 radical (unpaired) electrons. The zero-order valence-electron chi connectivity index (χ0n) is 28.0. The van der Waals surface area contributed by atoms with Gasteiger partial charge in [0.15, 0.2) is 33.9 Å². The van der Waals surface area contributed by atoms with Crippen LogP contribution >= 0.6 is 23.1 Å². The molecule has 1 saturated heterocycles. The van der Waals surface area contributed by atoms with Gasteiger partial charge in [-0.25, -0.2) is 26.9 Å². The number of thiazole rings is 1. The minimum absolute atomic E-state index is 0.00954. The lowest BCUT2D eigenvalue weighted by molar-refractivity contribution is -0.268. The lowest BCUT2D eigenvalue weighted by Crippen LogP contribution is -2.38. The summed E-state index contributed by atoms with van der Waals surface area (Å²) in [5.41, 5.74) is 4.07. The van der Waals surface area contributed by atoms with Crippen molar-refractivity contribution < 1.29 is 41.3 Å². The van der Waals surface area contributed by atoms with E-state index in [0.717, 1.165) is 42.4 Å². The van der Waals surface area contributed by atoms with E-state index in [0.29, 0.717) is 11.3 Å². The number of thioether (sulfide) groups is 1. The molecule has 0 spiro atoms. The van der Waals surface area contributed by atoms with Crippen LogP contribution in [0.15, 0.2) is 101 Å². The number of aliphatic hydroxyl groups is 1. The fourth-order valence-corrected chi connectivity index (χ4v) is 8.40. The van der Waals surface area contributed by atoms with Gasteiger partial charge in [0.05, 0.1) is 29.0 Å². The molecule has 0 saturated carbocycles. The van der Waals surface area contributed by atoms with E-state index < -0.39 is 46.8 Å². The molecule has 6 nitrogen and oxygen atoms in total. The van der Waals surface area contributed by atoms with Gasteiger partial charge >= 0.3 is 0 Å². The Morgan fingerprint density at radius 1 is 0.792 bits per heavy atom. The number of nitrogens with one attached hydrogen (secondary N) is 1. The molecule has 0 aliphatic carbocycles. The van der Waals surface area contributed by atoms with Gasteiger partial charge in [0.25, 0.3) is 5.91 Å². The average Bonchev–Trinajstić information content (AvgIpc) is 3.62. The van der Waals surface area contributed by atoms with E-state index in [2.05, 4.69) is 18.3 Å². The Balaban J connectivity index is 1.07. The quantitative estimate of drug-likeness (QED) is 0.0627. The van der Waals surface area contributed by atoms with Crippen LogP contribution in [0.1, 0.15) is 51.9 Å². The van der Waals surface area contributed by atoms with Crippen molar-refractivity contribution in [1.82, 2.24) is 10.3 Å². The molecule has 13 heteroatoms. The fourth-order valence-electron chi connectivity index (χ4n) is 6.14. The van der Waals surface area contributed by atoms with Crippen molar-refractivity contribution in [3.05, 3.63) is 154 Å². The minimum Gasteiger partial charge on any atom is -0.392 e. The van der Waals surface area contributed by atoms with Crippen LogP contribution in [0.25, 0.3) is 21.3 Å². The van der Waals surface area contributed by atoms with Crippen LogP contribution in [-0.4, -0.2) is 27.9 Å². The number of hydrogen-bond acceptors (Lipinski definition) is 7. The summed E-state index contributed by atoms with van der Waals surface area (Å²) in [6.07, 6.45) is -1.17. The first-order valence-corrected chi connectivity index (χ1v) is 18.4. The van der Waals surface area contributed by atoms with Gasteiger partial charge in [-0.05, 0) is 46.0 Å². The van der Waals surface area contributed by atoms with Crippen LogP contribution in [0.2, 0.25) is 0 Å². The van der Waals surface area contributed by atoms with Crippen molar-refractivity contribution in [1.29, 1.82) is 0 Å². The number of benzene rings is 5. The first-order valence-electron chi connectivity index (χ1n) is 16.6. The van der Waals surface area contributed by atoms with Crippen LogP contribution in [0.4, 0.5) is 22.0 Å². The number of carbonyl (C=O) groups excluding carboxylic acids is 1. The topological polar surface area (TPSA) is 80.7 Å². The Labute approximate surface area is 309 Å². The third-order valence-corrected chi connectivity index (χ3v) is 11.4. The maximum atomic E-state index is 14.1. The molecule has 272 valence electrons. The van der Waals surface area contributed by atoms with Crippen molar-refractivity contribution in [3.63, 3.8) is 0 Å². The Morgan fingerprint density at radius 3 is 2.17 bits per heavy atom. The summed E-state index contributed by atoms with van der Waals surface area (Å²) in [5.74, 6) is -11.9. The van der Waals surface area contributed by atoms with Gasteiger partial charge in [-0.2, -0.15) is 0 Å². The Bertz CT molecular complexity index is 2210. The molecule has 1 aromatic heterocycles. The summed E-state index contributed by atoms with van der Waals surface area (Å²) in [6.45, 7) is 1.81. The van der Waals surface area contributed by atoms with E-state index in [1.54, 1.807) is 41.3 Å². The molecule has 4 atom stereocenters. The van der Waals surface area contributed by atoms with Crippen LogP contribution < -0.4 is 5.32 Å².